The van der Waals surface area contributed by atoms with E-state index in [2.05, 4.69) is 4.90 Å². The standard InChI is InChI=1S/C13H17ClFNO2/c14-12-2-1-3-13(15)11(12)7-16-4-5-18-9-10(6-16)8-17/h1-3,10,17H,4-9H2/t10-/m0/s1. The topological polar surface area (TPSA) is 32.7 Å². The molecule has 0 radical (unpaired) electrons. The molecule has 0 unspecified atom stereocenters. The first-order valence-electron chi connectivity index (χ1n) is 6.04. The van der Waals surface area contributed by atoms with Crippen molar-refractivity contribution in [3.05, 3.63) is 34.6 Å². The summed E-state index contributed by atoms with van der Waals surface area (Å²) in [6.07, 6.45) is 0. The van der Waals surface area contributed by atoms with Crippen molar-refractivity contribution in [2.75, 3.05) is 32.9 Å². The molecule has 1 aromatic rings. The summed E-state index contributed by atoms with van der Waals surface area (Å²) in [5.41, 5.74) is 0.512. The van der Waals surface area contributed by atoms with Crippen LogP contribution in [0.4, 0.5) is 4.39 Å². The van der Waals surface area contributed by atoms with Crippen LogP contribution in [0.5, 0.6) is 0 Å². The van der Waals surface area contributed by atoms with Gasteiger partial charge < -0.3 is 9.84 Å². The average molecular weight is 274 g/mol. The van der Waals surface area contributed by atoms with Crippen LogP contribution in [0.25, 0.3) is 0 Å². The third kappa shape index (κ3) is 3.42. The second kappa shape index (κ2) is 6.48. The van der Waals surface area contributed by atoms with Gasteiger partial charge in [0.05, 0.1) is 13.2 Å². The molecule has 1 N–H and O–H groups in total. The van der Waals surface area contributed by atoms with Gasteiger partial charge in [-0.2, -0.15) is 0 Å². The Labute approximate surface area is 111 Å². The second-order valence-electron chi connectivity index (χ2n) is 4.56. The molecule has 0 aromatic heterocycles. The minimum absolute atomic E-state index is 0.0815. The van der Waals surface area contributed by atoms with Gasteiger partial charge in [0.15, 0.2) is 0 Å². The highest BCUT2D eigenvalue weighted by molar-refractivity contribution is 6.31. The molecule has 0 spiro atoms. The zero-order valence-electron chi connectivity index (χ0n) is 10.1. The van der Waals surface area contributed by atoms with Crippen LogP contribution in [0, 0.1) is 11.7 Å². The van der Waals surface area contributed by atoms with Gasteiger partial charge in [0.25, 0.3) is 0 Å². The number of benzene rings is 1. The molecule has 2 rings (SSSR count). The van der Waals surface area contributed by atoms with E-state index in [4.69, 9.17) is 16.3 Å². The molecule has 0 bridgehead atoms. The summed E-state index contributed by atoms with van der Waals surface area (Å²) in [4.78, 5) is 2.07. The Morgan fingerprint density at radius 2 is 2.33 bits per heavy atom. The van der Waals surface area contributed by atoms with E-state index in [-0.39, 0.29) is 18.3 Å². The van der Waals surface area contributed by atoms with Gasteiger partial charge in [-0.3, -0.25) is 4.90 Å². The lowest BCUT2D eigenvalue weighted by molar-refractivity contribution is 0.0958. The summed E-state index contributed by atoms with van der Waals surface area (Å²) in [6.45, 7) is 3.11. The lowest BCUT2D eigenvalue weighted by Crippen LogP contribution is -2.31. The third-order valence-electron chi connectivity index (χ3n) is 3.12. The van der Waals surface area contributed by atoms with Crippen molar-refractivity contribution >= 4 is 11.6 Å². The fraction of sp³-hybridized carbons (Fsp3) is 0.538. The lowest BCUT2D eigenvalue weighted by atomic mass is 10.1. The van der Waals surface area contributed by atoms with E-state index in [1.54, 1.807) is 12.1 Å². The number of rotatable bonds is 3. The number of hydrogen-bond acceptors (Lipinski definition) is 3. The van der Waals surface area contributed by atoms with Crippen molar-refractivity contribution in [3.8, 4) is 0 Å². The molecule has 1 atom stereocenters. The highest BCUT2D eigenvalue weighted by atomic mass is 35.5. The number of hydrogen-bond donors (Lipinski definition) is 1. The van der Waals surface area contributed by atoms with E-state index < -0.39 is 0 Å². The molecule has 1 aliphatic heterocycles. The largest absolute Gasteiger partial charge is 0.396 e. The van der Waals surface area contributed by atoms with Crippen molar-refractivity contribution in [2.24, 2.45) is 5.92 Å². The van der Waals surface area contributed by atoms with Gasteiger partial charge in [-0.15, -0.1) is 0 Å². The summed E-state index contributed by atoms with van der Waals surface area (Å²) in [6, 6.07) is 4.71. The predicted octanol–water partition coefficient (Wildman–Crippen LogP) is 1.92. The molecule has 0 saturated carbocycles. The Hall–Kier alpha value is -0.680. The van der Waals surface area contributed by atoms with E-state index in [0.717, 1.165) is 6.54 Å². The lowest BCUT2D eigenvalue weighted by Gasteiger charge is -2.23. The first kappa shape index (κ1) is 13.7. The predicted molar refractivity (Wildman–Crippen MR) is 68.1 cm³/mol. The zero-order valence-corrected chi connectivity index (χ0v) is 10.9. The Kier molecular flexibility index (Phi) is 4.95. The molecule has 1 saturated heterocycles. The number of halogens is 2. The normalized spacial score (nSPS) is 21.8. The van der Waals surface area contributed by atoms with Crippen LogP contribution in [0.1, 0.15) is 5.56 Å². The Morgan fingerprint density at radius 1 is 1.50 bits per heavy atom. The minimum atomic E-state index is -0.284. The molecular formula is C13H17ClFNO2. The summed E-state index contributed by atoms with van der Waals surface area (Å²) in [5.74, 6) is -0.203. The fourth-order valence-corrected chi connectivity index (χ4v) is 2.34. The van der Waals surface area contributed by atoms with E-state index in [1.807, 2.05) is 0 Å². The van der Waals surface area contributed by atoms with Crippen LogP contribution in [-0.4, -0.2) is 42.9 Å². The molecule has 5 heteroatoms. The monoisotopic (exact) mass is 273 g/mol. The number of nitrogens with zero attached hydrogens (tertiary/aromatic N) is 1. The zero-order chi connectivity index (χ0) is 13.0. The minimum Gasteiger partial charge on any atom is -0.396 e. The molecule has 0 aliphatic carbocycles. The van der Waals surface area contributed by atoms with E-state index in [0.29, 0.717) is 36.9 Å². The van der Waals surface area contributed by atoms with Gasteiger partial charge in [-0.1, -0.05) is 17.7 Å². The number of aliphatic hydroxyl groups is 1. The van der Waals surface area contributed by atoms with Gasteiger partial charge in [0.1, 0.15) is 5.82 Å². The van der Waals surface area contributed by atoms with Gasteiger partial charge in [-0.05, 0) is 12.1 Å². The van der Waals surface area contributed by atoms with Crippen LogP contribution in [0.15, 0.2) is 18.2 Å². The van der Waals surface area contributed by atoms with Crippen molar-refractivity contribution < 1.29 is 14.2 Å². The maximum Gasteiger partial charge on any atom is 0.129 e. The van der Waals surface area contributed by atoms with Crippen molar-refractivity contribution in [2.45, 2.75) is 6.54 Å². The van der Waals surface area contributed by atoms with Crippen molar-refractivity contribution in [3.63, 3.8) is 0 Å². The smallest absolute Gasteiger partial charge is 0.129 e. The van der Waals surface area contributed by atoms with Crippen LogP contribution < -0.4 is 0 Å². The van der Waals surface area contributed by atoms with Crippen LogP contribution >= 0.6 is 11.6 Å². The van der Waals surface area contributed by atoms with Crippen LogP contribution in [-0.2, 0) is 11.3 Å². The SMILES string of the molecule is OC[C@H]1COCCN(Cc2c(F)cccc2Cl)C1. The van der Waals surface area contributed by atoms with Gasteiger partial charge in [-0.25, -0.2) is 4.39 Å². The summed E-state index contributed by atoms with van der Waals surface area (Å²) < 4.78 is 19.1. The summed E-state index contributed by atoms with van der Waals surface area (Å²) in [5, 5.41) is 9.65. The first-order chi connectivity index (χ1) is 8.70. The van der Waals surface area contributed by atoms with Crippen molar-refractivity contribution in [1.82, 2.24) is 4.90 Å². The molecule has 1 aromatic carbocycles. The van der Waals surface area contributed by atoms with E-state index in [1.165, 1.54) is 6.07 Å². The maximum atomic E-state index is 13.7. The first-order valence-corrected chi connectivity index (χ1v) is 6.42. The van der Waals surface area contributed by atoms with Gasteiger partial charge >= 0.3 is 0 Å². The molecule has 1 aliphatic rings. The number of aliphatic hydroxyl groups excluding tert-OH is 1. The van der Waals surface area contributed by atoms with Gasteiger partial charge in [0, 0.05) is 42.7 Å². The number of ether oxygens (including phenoxy) is 1. The Morgan fingerprint density at radius 3 is 3.06 bits per heavy atom. The van der Waals surface area contributed by atoms with Crippen LogP contribution in [0.3, 0.4) is 0 Å². The molecule has 18 heavy (non-hydrogen) atoms. The maximum absolute atomic E-state index is 13.7. The summed E-state index contributed by atoms with van der Waals surface area (Å²) >= 11 is 6.01. The molecule has 0 amide bonds. The molecule has 1 heterocycles. The van der Waals surface area contributed by atoms with E-state index >= 15 is 0 Å². The highest BCUT2D eigenvalue weighted by Crippen LogP contribution is 2.21. The van der Waals surface area contributed by atoms with E-state index in [9.17, 15) is 9.50 Å². The molecule has 3 nitrogen and oxygen atoms in total. The second-order valence-corrected chi connectivity index (χ2v) is 4.97. The fourth-order valence-electron chi connectivity index (χ4n) is 2.11. The van der Waals surface area contributed by atoms with Crippen molar-refractivity contribution in [1.29, 1.82) is 0 Å². The Bertz CT molecular complexity index is 382. The van der Waals surface area contributed by atoms with Gasteiger partial charge in [0.2, 0.25) is 0 Å². The highest BCUT2D eigenvalue weighted by Gasteiger charge is 2.20. The average Bonchev–Trinajstić information content (AvgIpc) is 2.59. The third-order valence-corrected chi connectivity index (χ3v) is 3.48. The summed E-state index contributed by atoms with van der Waals surface area (Å²) in [7, 11) is 0. The molecule has 1 fully saturated rings. The molecule has 100 valence electrons. The molecular weight excluding hydrogens is 257 g/mol. The Balaban J connectivity index is 2.07. The van der Waals surface area contributed by atoms with Crippen LogP contribution in [0.2, 0.25) is 5.02 Å². The quantitative estimate of drug-likeness (QED) is 0.913.